The summed E-state index contributed by atoms with van der Waals surface area (Å²) in [4.78, 5) is 42.1. The molecule has 108 valence electrons. The van der Waals surface area contributed by atoms with Gasteiger partial charge < -0.3 is 10.1 Å². The maximum absolute atomic E-state index is 12.1. The van der Waals surface area contributed by atoms with Gasteiger partial charge >= 0.3 is 5.69 Å². The molecule has 3 aromatic rings. The van der Waals surface area contributed by atoms with Crippen LogP contribution in [0.3, 0.4) is 0 Å². The van der Waals surface area contributed by atoms with E-state index in [9.17, 15) is 24.8 Å². The van der Waals surface area contributed by atoms with Crippen LogP contribution in [0, 0.1) is 11.3 Å². The highest BCUT2D eigenvalue weighted by atomic mass is 16.3. The van der Waals surface area contributed by atoms with E-state index in [1.165, 1.54) is 18.2 Å². The number of aromatic amines is 3. The molecule has 2 heterocycles. The first-order valence-electron chi connectivity index (χ1n) is 6.13. The maximum Gasteiger partial charge on any atom is 0.327 e. The molecule has 4 N–H and O–H groups in total. The molecule has 0 aliphatic rings. The van der Waals surface area contributed by atoms with Gasteiger partial charge in [0.15, 0.2) is 0 Å². The molecule has 0 saturated carbocycles. The van der Waals surface area contributed by atoms with Gasteiger partial charge in [-0.2, -0.15) is 5.26 Å². The molecule has 0 spiro atoms. The lowest BCUT2D eigenvalue weighted by Gasteiger charge is -2.08. The fourth-order valence-electron chi connectivity index (χ4n) is 2.29. The van der Waals surface area contributed by atoms with Gasteiger partial charge in [0, 0.05) is 5.56 Å². The van der Waals surface area contributed by atoms with Crippen molar-refractivity contribution in [3.05, 3.63) is 61.0 Å². The number of H-pyrrole nitrogens is 3. The monoisotopic (exact) mass is 296 g/mol. The first kappa shape index (κ1) is 13.4. The third-order valence-corrected chi connectivity index (χ3v) is 3.15. The Morgan fingerprint density at radius 2 is 1.82 bits per heavy atom. The summed E-state index contributed by atoms with van der Waals surface area (Å²) in [6, 6.07) is 7.53. The van der Waals surface area contributed by atoms with E-state index in [0.717, 1.165) is 0 Å². The van der Waals surface area contributed by atoms with E-state index in [-0.39, 0.29) is 27.9 Å². The number of nitrogens with zero attached hydrogens (tertiary/aromatic N) is 1. The van der Waals surface area contributed by atoms with Gasteiger partial charge in [0.2, 0.25) is 0 Å². The van der Waals surface area contributed by atoms with Crippen LogP contribution in [0.4, 0.5) is 0 Å². The molecular formula is C14H8N4O4. The highest BCUT2D eigenvalue weighted by Crippen LogP contribution is 2.28. The largest absolute Gasteiger partial charge is 0.508 e. The number of rotatable bonds is 1. The normalized spacial score (nSPS) is 10.5. The van der Waals surface area contributed by atoms with Crippen molar-refractivity contribution in [1.82, 2.24) is 15.0 Å². The molecule has 0 radical (unpaired) electrons. The molecule has 2 aromatic heterocycles. The number of hydrogen-bond donors (Lipinski definition) is 4. The Labute approximate surface area is 121 Å². The van der Waals surface area contributed by atoms with Crippen LogP contribution in [-0.2, 0) is 0 Å². The molecule has 0 unspecified atom stereocenters. The Morgan fingerprint density at radius 1 is 1.05 bits per heavy atom. The van der Waals surface area contributed by atoms with Crippen molar-refractivity contribution < 1.29 is 5.11 Å². The maximum atomic E-state index is 12.1. The molecule has 8 nitrogen and oxygen atoms in total. The van der Waals surface area contributed by atoms with Crippen molar-refractivity contribution in [2.24, 2.45) is 0 Å². The lowest BCUT2D eigenvalue weighted by Crippen LogP contribution is -2.26. The zero-order valence-electron chi connectivity index (χ0n) is 10.9. The summed E-state index contributed by atoms with van der Waals surface area (Å²) in [5, 5.41) is 18.8. The number of nitriles is 1. The summed E-state index contributed by atoms with van der Waals surface area (Å²) < 4.78 is 0. The zero-order chi connectivity index (χ0) is 15.9. The quantitative estimate of drug-likeness (QED) is 0.505. The predicted molar refractivity (Wildman–Crippen MR) is 77.6 cm³/mol. The Morgan fingerprint density at radius 3 is 2.50 bits per heavy atom. The Hall–Kier alpha value is -3.60. The molecule has 0 amide bonds. The number of pyridine rings is 1. The van der Waals surface area contributed by atoms with Gasteiger partial charge in [-0.3, -0.25) is 19.6 Å². The van der Waals surface area contributed by atoms with Crippen LogP contribution in [-0.4, -0.2) is 20.1 Å². The molecule has 0 aliphatic carbocycles. The third kappa shape index (κ3) is 1.97. The minimum absolute atomic E-state index is 0.0404. The van der Waals surface area contributed by atoms with Crippen molar-refractivity contribution in [3.8, 4) is 22.9 Å². The van der Waals surface area contributed by atoms with Crippen molar-refractivity contribution in [2.75, 3.05) is 0 Å². The Bertz CT molecular complexity index is 1110. The Kier molecular flexibility index (Phi) is 2.89. The number of hydrogen-bond acceptors (Lipinski definition) is 5. The van der Waals surface area contributed by atoms with Crippen LogP contribution < -0.4 is 16.8 Å². The fraction of sp³-hybridized carbons (Fsp3) is 0. The van der Waals surface area contributed by atoms with Crippen LogP contribution in [0.2, 0.25) is 0 Å². The summed E-state index contributed by atoms with van der Waals surface area (Å²) in [6.07, 6.45) is 0. The number of nitrogens with one attached hydrogen (secondary N) is 3. The SMILES string of the molecule is N#Cc1c(-c2cccc(O)c2)c2c(=O)[nH]c(=O)[nH]c2[nH]c1=O. The van der Waals surface area contributed by atoms with Gasteiger partial charge in [-0.15, -0.1) is 0 Å². The van der Waals surface area contributed by atoms with Gasteiger partial charge in [-0.25, -0.2) is 4.79 Å². The number of phenolic OH excluding ortho intramolecular Hbond substituents is 1. The molecule has 0 saturated heterocycles. The van der Waals surface area contributed by atoms with E-state index in [4.69, 9.17) is 0 Å². The van der Waals surface area contributed by atoms with E-state index >= 15 is 0 Å². The second-order valence-electron chi connectivity index (χ2n) is 4.52. The molecule has 3 rings (SSSR count). The van der Waals surface area contributed by atoms with E-state index < -0.39 is 16.8 Å². The smallest absolute Gasteiger partial charge is 0.327 e. The van der Waals surface area contributed by atoms with Crippen molar-refractivity contribution in [3.63, 3.8) is 0 Å². The predicted octanol–water partition coefficient (Wildman–Crippen LogP) is 0.149. The van der Waals surface area contributed by atoms with Crippen LogP contribution in [0.5, 0.6) is 5.75 Å². The standard InChI is InChI=1S/C14H8N4O4/c15-5-8-9(6-2-1-3-7(19)4-6)10-11(16-12(8)20)17-14(22)18-13(10)21/h1-4,19H,(H3,16,17,18,20,21,22). The van der Waals surface area contributed by atoms with E-state index in [1.807, 2.05) is 4.98 Å². The summed E-state index contributed by atoms with van der Waals surface area (Å²) in [6.45, 7) is 0. The minimum atomic E-state index is -0.778. The van der Waals surface area contributed by atoms with E-state index in [0.29, 0.717) is 5.56 Å². The summed E-state index contributed by atoms with van der Waals surface area (Å²) in [7, 11) is 0. The topological polar surface area (TPSA) is 143 Å². The highest BCUT2D eigenvalue weighted by Gasteiger charge is 2.18. The van der Waals surface area contributed by atoms with Crippen LogP contribution in [0.15, 0.2) is 38.6 Å². The molecule has 0 atom stereocenters. The van der Waals surface area contributed by atoms with Gasteiger partial charge in [0.1, 0.15) is 23.0 Å². The number of benzene rings is 1. The van der Waals surface area contributed by atoms with Crippen molar-refractivity contribution in [2.45, 2.75) is 0 Å². The van der Waals surface area contributed by atoms with E-state index in [2.05, 4.69) is 9.97 Å². The second-order valence-corrected chi connectivity index (χ2v) is 4.52. The molecule has 8 heteroatoms. The van der Waals surface area contributed by atoms with Crippen LogP contribution >= 0.6 is 0 Å². The van der Waals surface area contributed by atoms with Crippen molar-refractivity contribution in [1.29, 1.82) is 5.26 Å². The average molecular weight is 296 g/mol. The van der Waals surface area contributed by atoms with Crippen molar-refractivity contribution >= 4 is 11.0 Å². The van der Waals surface area contributed by atoms with Gasteiger partial charge in [-0.1, -0.05) is 12.1 Å². The molecule has 22 heavy (non-hydrogen) atoms. The van der Waals surface area contributed by atoms with Crippen LogP contribution in [0.1, 0.15) is 5.56 Å². The highest BCUT2D eigenvalue weighted by molar-refractivity contribution is 5.94. The first-order chi connectivity index (χ1) is 10.5. The lowest BCUT2D eigenvalue weighted by molar-refractivity contribution is 0.475. The number of fused-ring (bicyclic) bond motifs is 1. The van der Waals surface area contributed by atoms with Gasteiger partial charge in [0.25, 0.3) is 11.1 Å². The molecule has 0 bridgehead atoms. The number of phenols is 1. The summed E-state index contributed by atoms with van der Waals surface area (Å²) in [5.74, 6) is -0.0873. The van der Waals surface area contributed by atoms with E-state index in [1.54, 1.807) is 12.1 Å². The molecule has 0 aliphatic heterocycles. The molecular weight excluding hydrogens is 288 g/mol. The first-order valence-corrected chi connectivity index (χ1v) is 6.13. The molecule has 1 aromatic carbocycles. The van der Waals surface area contributed by atoms with Gasteiger partial charge in [-0.05, 0) is 17.7 Å². The Balaban J connectivity index is 2.62. The number of aromatic hydroxyl groups is 1. The van der Waals surface area contributed by atoms with Crippen LogP contribution in [0.25, 0.3) is 22.2 Å². The molecule has 0 fully saturated rings. The zero-order valence-corrected chi connectivity index (χ0v) is 10.9. The summed E-state index contributed by atoms with van der Waals surface area (Å²) in [5.41, 5.74) is -2.27. The fourth-order valence-corrected chi connectivity index (χ4v) is 2.29. The third-order valence-electron chi connectivity index (χ3n) is 3.15. The number of aromatic nitrogens is 3. The summed E-state index contributed by atoms with van der Waals surface area (Å²) >= 11 is 0. The minimum Gasteiger partial charge on any atom is -0.508 e. The lowest BCUT2D eigenvalue weighted by atomic mass is 9.98. The average Bonchev–Trinajstić information content (AvgIpc) is 2.45. The second kappa shape index (κ2) is 4.75. The van der Waals surface area contributed by atoms with Gasteiger partial charge in [0.05, 0.1) is 5.39 Å².